The first kappa shape index (κ1) is 76.2. The molecule has 12 nitrogen and oxygen atoms in total. The SMILES string of the molecule is CC1(C)OB(c2cccc(-c3nc(-c4ccccc4)nc(-c4ccccc4)n3)c2)OC1(C)C.Clc1ccc(-c2cc(-c3ccc(-c4ccccc4)cc3)nc(-c3ccccc3)n2)cc1.c1ccc(-c2ccc(-c3nc(-c4ccccc4)cc(-c4cccc(-c5ccc(-c6nc(-c7ccccc7)nc(-c7ccccc7)n6)cc5)c4)n3)cc2)cc1. The number of rotatable bonds is 16. The molecule has 1 aliphatic rings. The molecule has 0 bridgehead atoms. The molecule has 0 atom stereocenters. The Bertz CT molecular complexity index is 6320. The second-order valence-electron chi connectivity index (χ2n) is 29.5. The van der Waals surface area contributed by atoms with Crippen molar-refractivity contribution in [3.8, 4) is 170 Å². The predicted molar refractivity (Wildman–Crippen MR) is 480 cm³/mol. The van der Waals surface area contributed by atoms with E-state index in [-0.39, 0.29) is 0 Å². The summed E-state index contributed by atoms with van der Waals surface area (Å²) in [6, 6.07) is 135. The Morgan fingerprint density at radius 3 is 0.746 bits per heavy atom. The number of benzene rings is 14. The minimum Gasteiger partial charge on any atom is -0.399 e. The van der Waals surface area contributed by atoms with Gasteiger partial charge in [0.25, 0.3) is 0 Å². The lowest BCUT2D eigenvalue weighted by Gasteiger charge is -2.32. The van der Waals surface area contributed by atoms with Gasteiger partial charge in [0.15, 0.2) is 46.6 Å². The molecule has 0 unspecified atom stereocenters. The molecule has 0 N–H and O–H groups in total. The van der Waals surface area contributed by atoms with Gasteiger partial charge in [-0.25, -0.2) is 49.8 Å². The summed E-state index contributed by atoms with van der Waals surface area (Å²) in [5.74, 6) is 5.19. The van der Waals surface area contributed by atoms with Crippen molar-refractivity contribution in [2.75, 3.05) is 0 Å². The molecule has 566 valence electrons. The van der Waals surface area contributed by atoms with Crippen LogP contribution in [0, 0.1) is 0 Å². The summed E-state index contributed by atoms with van der Waals surface area (Å²) in [4.78, 5) is 48.9. The zero-order chi connectivity index (χ0) is 80.2. The average Bonchev–Trinajstić information content (AvgIpc) is 1.58. The van der Waals surface area contributed by atoms with Gasteiger partial charge in [-0.15, -0.1) is 0 Å². The van der Waals surface area contributed by atoms with Crippen molar-refractivity contribution >= 4 is 24.2 Å². The maximum absolute atomic E-state index is 6.25. The monoisotopic (exact) mass is 1540 g/mol. The summed E-state index contributed by atoms with van der Waals surface area (Å²) >= 11 is 6.09. The van der Waals surface area contributed by atoms with Crippen molar-refractivity contribution in [2.45, 2.75) is 38.9 Å². The molecule has 14 aromatic carbocycles. The van der Waals surface area contributed by atoms with E-state index < -0.39 is 18.3 Å². The van der Waals surface area contributed by atoms with Gasteiger partial charge in [0, 0.05) is 71.8 Å². The van der Waals surface area contributed by atoms with Crippen molar-refractivity contribution in [3.63, 3.8) is 0 Å². The van der Waals surface area contributed by atoms with Crippen molar-refractivity contribution in [2.24, 2.45) is 0 Å². The van der Waals surface area contributed by atoms with Gasteiger partial charge < -0.3 is 9.31 Å². The Balaban J connectivity index is 0.000000134. The Morgan fingerprint density at radius 2 is 0.398 bits per heavy atom. The Hall–Kier alpha value is -14.5. The lowest BCUT2D eigenvalue weighted by molar-refractivity contribution is 0.00578. The van der Waals surface area contributed by atoms with E-state index in [4.69, 9.17) is 70.7 Å². The van der Waals surface area contributed by atoms with Crippen LogP contribution in [-0.2, 0) is 9.31 Å². The van der Waals surface area contributed by atoms with E-state index in [1.165, 1.54) is 16.7 Å². The van der Waals surface area contributed by atoms with Crippen LogP contribution < -0.4 is 5.46 Å². The van der Waals surface area contributed by atoms with Gasteiger partial charge in [0.1, 0.15) is 0 Å². The third-order valence-corrected chi connectivity index (χ3v) is 21.2. The molecule has 0 radical (unpaired) electrons. The summed E-state index contributed by atoms with van der Waals surface area (Å²) < 4.78 is 12.5. The van der Waals surface area contributed by atoms with Gasteiger partial charge in [-0.05, 0) is 96.9 Å². The third kappa shape index (κ3) is 17.7. The van der Waals surface area contributed by atoms with Gasteiger partial charge in [-0.1, -0.05) is 382 Å². The molecular weight excluding hydrogens is 1470 g/mol. The summed E-state index contributed by atoms with van der Waals surface area (Å²) in [7, 11) is -0.445. The predicted octanol–water partition coefficient (Wildman–Crippen LogP) is 25.0. The molecule has 1 aliphatic heterocycles. The minimum atomic E-state index is -0.445. The van der Waals surface area contributed by atoms with E-state index in [0.717, 1.165) is 112 Å². The van der Waals surface area contributed by atoms with Gasteiger partial charge in [0.2, 0.25) is 0 Å². The van der Waals surface area contributed by atoms with E-state index >= 15 is 0 Å². The van der Waals surface area contributed by atoms with E-state index in [2.05, 4.69) is 191 Å². The number of nitrogens with zero attached hydrogens (tertiary/aromatic N) is 10. The van der Waals surface area contributed by atoms with E-state index in [9.17, 15) is 0 Å². The molecule has 18 aromatic rings. The Labute approximate surface area is 692 Å². The third-order valence-electron chi connectivity index (χ3n) is 20.9. The highest BCUT2D eigenvalue weighted by atomic mass is 35.5. The topological polar surface area (TPSA) is 147 Å². The molecule has 0 spiro atoms. The van der Waals surface area contributed by atoms with Crippen LogP contribution in [0.25, 0.3) is 170 Å². The molecule has 19 rings (SSSR count). The van der Waals surface area contributed by atoms with Crippen molar-refractivity contribution in [1.82, 2.24) is 49.8 Å². The second kappa shape index (κ2) is 34.7. The second-order valence-corrected chi connectivity index (χ2v) is 29.9. The summed E-state index contributed by atoms with van der Waals surface area (Å²) in [5.41, 5.74) is 22.1. The van der Waals surface area contributed by atoms with Crippen LogP contribution in [0.4, 0.5) is 0 Å². The fourth-order valence-corrected chi connectivity index (χ4v) is 13.9. The molecule has 5 heterocycles. The highest BCUT2D eigenvalue weighted by molar-refractivity contribution is 6.62. The lowest BCUT2D eigenvalue weighted by atomic mass is 9.78. The Morgan fingerprint density at radius 1 is 0.186 bits per heavy atom. The smallest absolute Gasteiger partial charge is 0.399 e. The normalized spacial score (nSPS) is 12.5. The van der Waals surface area contributed by atoms with Crippen LogP contribution in [0.1, 0.15) is 27.7 Å². The molecule has 14 heteroatoms. The van der Waals surface area contributed by atoms with Crippen LogP contribution in [0.15, 0.2) is 400 Å². The highest BCUT2D eigenvalue weighted by Crippen LogP contribution is 2.39. The number of hydrogen-bond donors (Lipinski definition) is 0. The maximum Gasteiger partial charge on any atom is 0.494 e. The first-order valence-electron chi connectivity index (χ1n) is 39.2. The van der Waals surface area contributed by atoms with Crippen LogP contribution in [0.5, 0.6) is 0 Å². The molecular formula is C104H78BClN10O2. The van der Waals surface area contributed by atoms with Gasteiger partial charge >= 0.3 is 7.12 Å². The molecule has 0 aliphatic carbocycles. The first-order valence-corrected chi connectivity index (χ1v) is 39.6. The van der Waals surface area contributed by atoms with Gasteiger partial charge in [-0.2, -0.15) is 0 Å². The summed E-state index contributed by atoms with van der Waals surface area (Å²) in [6.45, 7) is 8.23. The van der Waals surface area contributed by atoms with Crippen LogP contribution >= 0.6 is 11.6 Å². The van der Waals surface area contributed by atoms with Gasteiger partial charge in [0.05, 0.1) is 34.0 Å². The average molecular weight is 1550 g/mol. The largest absolute Gasteiger partial charge is 0.494 e. The van der Waals surface area contributed by atoms with Crippen LogP contribution in [0.3, 0.4) is 0 Å². The van der Waals surface area contributed by atoms with Crippen LogP contribution in [0.2, 0.25) is 5.02 Å². The highest BCUT2D eigenvalue weighted by Gasteiger charge is 2.51. The van der Waals surface area contributed by atoms with Crippen LogP contribution in [-0.4, -0.2) is 68.2 Å². The van der Waals surface area contributed by atoms with Crippen molar-refractivity contribution in [1.29, 1.82) is 0 Å². The number of hydrogen-bond acceptors (Lipinski definition) is 12. The van der Waals surface area contributed by atoms with Gasteiger partial charge in [-0.3, -0.25) is 0 Å². The fraction of sp³-hybridized carbons (Fsp3) is 0.0577. The molecule has 1 saturated heterocycles. The summed E-state index contributed by atoms with van der Waals surface area (Å²) in [6.07, 6.45) is 0. The minimum absolute atomic E-state index is 0.401. The zero-order valence-corrected chi connectivity index (χ0v) is 66.1. The molecule has 0 saturated carbocycles. The fourth-order valence-electron chi connectivity index (χ4n) is 13.8. The first-order chi connectivity index (χ1) is 57.8. The standard InChI is InChI=1S/C49H33N5.C28H19ClN2.C27H26BN3O2/c1-5-14-34(15-6-1)35-24-28-40(29-25-35)46-50-44(37-16-7-2-8-17-37)33-45(51-46)43-23-13-22-42(32-43)36-26-30-41(31-27-36)49-53-47(38-18-9-3-10-19-38)52-48(54-49)39-20-11-4-12-21-39;29-25-17-15-23(16-18-25)27-19-26(30-28(31-27)24-9-5-2-6-10-24)22-13-11-21(12-14-22)20-7-3-1-4-8-20;1-26(2)27(3,4)33-28(32-26)22-17-11-16-21(18-22)25-30-23(19-12-7-5-8-13-19)29-24(31-25)20-14-9-6-10-15-20/h1-33H;1-19H;5-18H,1-4H3. The lowest BCUT2D eigenvalue weighted by Crippen LogP contribution is -2.41. The maximum atomic E-state index is 6.25. The van der Waals surface area contributed by atoms with E-state index in [0.29, 0.717) is 51.6 Å². The van der Waals surface area contributed by atoms with Crippen molar-refractivity contribution in [3.05, 3.63) is 405 Å². The Kier molecular flexibility index (Phi) is 22.4. The van der Waals surface area contributed by atoms with Crippen molar-refractivity contribution < 1.29 is 9.31 Å². The molecule has 0 amide bonds. The quantitative estimate of drug-likeness (QED) is 0.0848. The molecule has 1 fully saturated rings. The molecule has 4 aromatic heterocycles. The molecule has 118 heavy (non-hydrogen) atoms. The number of halogens is 1. The number of aromatic nitrogens is 10. The summed E-state index contributed by atoms with van der Waals surface area (Å²) in [5, 5.41) is 0.706. The zero-order valence-electron chi connectivity index (χ0n) is 65.3. The van der Waals surface area contributed by atoms with E-state index in [1.54, 1.807) is 0 Å². The van der Waals surface area contributed by atoms with E-state index in [1.807, 2.05) is 237 Å².